The molecule has 8 heavy (non-hydrogen) atoms. The summed E-state index contributed by atoms with van der Waals surface area (Å²) < 4.78 is 0. The molecule has 1 aliphatic heterocycles. The van der Waals surface area contributed by atoms with E-state index in [0.29, 0.717) is 0 Å². The van der Waals surface area contributed by atoms with Gasteiger partial charge >= 0.3 is 0 Å². The highest BCUT2D eigenvalue weighted by atomic mass is 14.9. The Kier molecular flexibility index (Phi) is 1.90. The molecule has 48 valence electrons. The normalized spacial score (nSPS) is 29.6. The lowest BCUT2D eigenvalue weighted by atomic mass is 9.96. The summed E-state index contributed by atoms with van der Waals surface area (Å²) in [6.45, 7) is 7.09. The Labute approximate surface area is 51.5 Å². The van der Waals surface area contributed by atoms with Crippen LogP contribution in [-0.4, -0.2) is 13.1 Å². The highest BCUT2D eigenvalue weighted by Gasteiger charge is 2.16. The first-order valence-electron chi connectivity index (χ1n) is 3.51. The summed E-state index contributed by atoms with van der Waals surface area (Å²) in [4.78, 5) is 0. The van der Waals surface area contributed by atoms with Crippen LogP contribution in [0.3, 0.4) is 0 Å². The molecule has 0 aromatic rings. The summed E-state index contributed by atoms with van der Waals surface area (Å²) in [5, 5.41) is 3.35. The van der Waals surface area contributed by atoms with Crippen LogP contribution in [0.5, 0.6) is 0 Å². The zero-order chi connectivity index (χ0) is 5.98. The van der Waals surface area contributed by atoms with Crippen molar-refractivity contribution in [1.29, 1.82) is 0 Å². The van der Waals surface area contributed by atoms with Gasteiger partial charge in [-0.15, -0.1) is 0 Å². The van der Waals surface area contributed by atoms with E-state index in [-0.39, 0.29) is 0 Å². The molecule has 0 unspecified atom stereocenters. The Morgan fingerprint density at radius 2 is 2.25 bits per heavy atom. The van der Waals surface area contributed by atoms with Gasteiger partial charge in [-0.05, 0) is 31.3 Å². The van der Waals surface area contributed by atoms with Gasteiger partial charge in [0, 0.05) is 0 Å². The largest absolute Gasteiger partial charge is 0.316 e. The van der Waals surface area contributed by atoms with E-state index in [0.717, 1.165) is 11.8 Å². The third-order valence-corrected chi connectivity index (χ3v) is 2.04. The molecule has 1 rings (SSSR count). The van der Waals surface area contributed by atoms with Crippen LogP contribution in [0.25, 0.3) is 0 Å². The molecule has 0 amide bonds. The average molecular weight is 113 g/mol. The lowest BCUT2D eigenvalue weighted by Gasteiger charge is -2.10. The Morgan fingerprint density at radius 3 is 2.50 bits per heavy atom. The predicted molar refractivity (Wildman–Crippen MR) is 35.8 cm³/mol. The standard InChI is InChI=1S/C7H15N/c1-6(2)7-3-4-8-5-7/h6-8H,3-5H2,1-2H3/t7-/m1/s1. The fraction of sp³-hybridized carbons (Fsp3) is 1.00. The zero-order valence-corrected chi connectivity index (χ0v) is 5.78. The van der Waals surface area contributed by atoms with E-state index in [2.05, 4.69) is 19.2 Å². The summed E-state index contributed by atoms with van der Waals surface area (Å²) >= 11 is 0. The van der Waals surface area contributed by atoms with Crippen molar-refractivity contribution >= 4 is 0 Å². The monoisotopic (exact) mass is 113 g/mol. The van der Waals surface area contributed by atoms with Crippen LogP contribution in [0.15, 0.2) is 0 Å². The van der Waals surface area contributed by atoms with Crippen molar-refractivity contribution in [2.45, 2.75) is 20.3 Å². The summed E-state index contributed by atoms with van der Waals surface area (Å²) in [5.41, 5.74) is 0. The van der Waals surface area contributed by atoms with Crippen LogP contribution in [0.4, 0.5) is 0 Å². The van der Waals surface area contributed by atoms with Gasteiger partial charge in [-0.25, -0.2) is 0 Å². The fourth-order valence-electron chi connectivity index (χ4n) is 1.25. The molecular formula is C7H15N. The highest BCUT2D eigenvalue weighted by molar-refractivity contribution is 4.72. The van der Waals surface area contributed by atoms with E-state index in [4.69, 9.17) is 0 Å². The molecule has 1 atom stereocenters. The SMILES string of the molecule is CC(C)[C@@H]1CCNC1. The smallest absolute Gasteiger partial charge is 0.00176 e. The van der Waals surface area contributed by atoms with Crippen LogP contribution in [-0.2, 0) is 0 Å². The van der Waals surface area contributed by atoms with E-state index in [1.165, 1.54) is 19.5 Å². The van der Waals surface area contributed by atoms with E-state index in [1.807, 2.05) is 0 Å². The fourth-order valence-corrected chi connectivity index (χ4v) is 1.25. The highest BCUT2D eigenvalue weighted by Crippen LogP contribution is 2.16. The molecule has 1 nitrogen and oxygen atoms in total. The predicted octanol–water partition coefficient (Wildman–Crippen LogP) is 1.25. The first-order valence-corrected chi connectivity index (χ1v) is 3.51. The van der Waals surface area contributed by atoms with Gasteiger partial charge < -0.3 is 5.32 Å². The van der Waals surface area contributed by atoms with Crippen LogP contribution in [0, 0.1) is 11.8 Å². The Morgan fingerprint density at radius 1 is 1.50 bits per heavy atom. The quantitative estimate of drug-likeness (QED) is 0.539. The minimum Gasteiger partial charge on any atom is -0.316 e. The van der Waals surface area contributed by atoms with E-state index in [1.54, 1.807) is 0 Å². The minimum absolute atomic E-state index is 0.880. The number of hydrogen-bond donors (Lipinski definition) is 1. The number of nitrogens with one attached hydrogen (secondary N) is 1. The number of hydrogen-bond acceptors (Lipinski definition) is 1. The third kappa shape index (κ3) is 1.22. The summed E-state index contributed by atoms with van der Waals surface area (Å²) in [6.07, 6.45) is 1.39. The molecule has 0 aromatic carbocycles. The second kappa shape index (κ2) is 2.49. The second-order valence-electron chi connectivity index (χ2n) is 3.00. The van der Waals surface area contributed by atoms with E-state index < -0.39 is 0 Å². The molecule has 0 bridgehead atoms. The van der Waals surface area contributed by atoms with Crippen molar-refractivity contribution in [3.63, 3.8) is 0 Å². The van der Waals surface area contributed by atoms with Crippen molar-refractivity contribution in [1.82, 2.24) is 5.32 Å². The van der Waals surface area contributed by atoms with Gasteiger partial charge in [-0.1, -0.05) is 13.8 Å². The van der Waals surface area contributed by atoms with Crippen molar-refractivity contribution < 1.29 is 0 Å². The molecule has 0 aromatic heterocycles. The Bertz CT molecular complexity index is 62.8. The number of rotatable bonds is 1. The maximum atomic E-state index is 3.35. The third-order valence-electron chi connectivity index (χ3n) is 2.04. The molecule has 0 aliphatic carbocycles. The molecule has 1 saturated heterocycles. The Hall–Kier alpha value is -0.0400. The van der Waals surface area contributed by atoms with E-state index in [9.17, 15) is 0 Å². The van der Waals surface area contributed by atoms with Crippen LogP contribution < -0.4 is 5.32 Å². The summed E-state index contributed by atoms with van der Waals surface area (Å²) in [6, 6.07) is 0. The maximum absolute atomic E-state index is 3.35. The van der Waals surface area contributed by atoms with Gasteiger partial charge in [0.05, 0.1) is 0 Å². The van der Waals surface area contributed by atoms with Crippen LogP contribution in [0.1, 0.15) is 20.3 Å². The summed E-state index contributed by atoms with van der Waals surface area (Å²) in [7, 11) is 0. The van der Waals surface area contributed by atoms with Gasteiger partial charge in [-0.3, -0.25) is 0 Å². The van der Waals surface area contributed by atoms with E-state index >= 15 is 0 Å². The molecule has 0 spiro atoms. The van der Waals surface area contributed by atoms with Gasteiger partial charge in [0.1, 0.15) is 0 Å². The topological polar surface area (TPSA) is 12.0 Å². The lowest BCUT2D eigenvalue weighted by Crippen LogP contribution is -2.12. The zero-order valence-electron chi connectivity index (χ0n) is 5.78. The lowest BCUT2D eigenvalue weighted by molar-refractivity contribution is 0.419. The molecule has 1 aliphatic rings. The molecule has 1 N–H and O–H groups in total. The molecule has 0 radical (unpaired) electrons. The second-order valence-corrected chi connectivity index (χ2v) is 3.00. The Balaban J connectivity index is 2.24. The molecule has 1 heterocycles. The van der Waals surface area contributed by atoms with Crippen molar-refractivity contribution in [3.05, 3.63) is 0 Å². The van der Waals surface area contributed by atoms with Crippen molar-refractivity contribution in [2.75, 3.05) is 13.1 Å². The maximum Gasteiger partial charge on any atom is -0.00176 e. The van der Waals surface area contributed by atoms with Crippen LogP contribution in [0.2, 0.25) is 0 Å². The molecule has 1 heteroatoms. The first kappa shape index (κ1) is 6.09. The average Bonchev–Trinajstić information content (AvgIpc) is 2.12. The van der Waals surface area contributed by atoms with Gasteiger partial charge in [-0.2, -0.15) is 0 Å². The molecular weight excluding hydrogens is 98.1 g/mol. The first-order chi connectivity index (χ1) is 3.80. The minimum atomic E-state index is 0.880. The summed E-state index contributed by atoms with van der Waals surface area (Å²) in [5.74, 6) is 1.83. The van der Waals surface area contributed by atoms with Gasteiger partial charge in [0.15, 0.2) is 0 Å². The molecule has 1 fully saturated rings. The van der Waals surface area contributed by atoms with Gasteiger partial charge in [0.2, 0.25) is 0 Å². The van der Waals surface area contributed by atoms with Gasteiger partial charge in [0.25, 0.3) is 0 Å². The van der Waals surface area contributed by atoms with Crippen LogP contribution >= 0.6 is 0 Å². The van der Waals surface area contributed by atoms with Crippen molar-refractivity contribution in [3.8, 4) is 0 Å². The molecule has 0 saturated carbocycles. The van der Waals surface area contributed by atoms with Crippen molar-refractivity contribution in [2.24, 2.45) is 11.8 Å².